The first kappa shape index (κ1) is 42.0. The standard InChI is InChI=1S/C50H44N4O8/c1-59-43-23-17-35-26-28-52-50(58)42(54-48(56)38-11-7-4-8-12-38)30-36-18-24-44(60-2)46(32-36)62-40-21-15-34(16-22-40)29-41(53-47(55)37-9-5-3-6-10-37)49(57)51-27-25-33-13-19-39(20-14-33)61-45(43)31-35/h3-24,29-32H,25-28H2,1-2H3,(H,51,57)(H,52,58)(H,53,55)(H,54,56)/b41-29-,42-30-. The second kappa shape index (κ2) is 20.2. The number of hydrogen-bond acceptors (Lipinski definition) is 8. The molecule has 8 bridgehead atoms. The van der Waals surface area contributed by atoms with E-state index in [1.165, 1.54) is 7.11 Å². The van der Waals surface area contributed by atoms with E-state index >= 15 is 0 Å². The van der Waals surface area contributed by atoms with E-state index in [0.717, 1.165) is 11.1 Å². The quantitative estimate of drug-likeness (QED) is 0.132. The van der Waals surface area contributed by atoms with Crippen LogP contribution in [0.3, 0.4) is 0 Å². The molecule has 6 aromatic carbocycles. The van der Waals surface area contributed by atoms with E-state index in [-0.39, 0.29) is 17.9 Å². The Bertz CT molecular complexity index is 2610. The third-order valence-corrected chi connectivity index (χ3v) is 9.75. The Kier molecular flexibility index (Phi) is 13.7. The highest BCUT2D eigenvalue weighted by Crippen LogP contribution is 2.34. The van der Waals surface area contributed by atoms with Gasteiger partial charge in [-0.3, -0.25) is 19.2 Å². The molecule has 3 heterocycles. The zero-order valence-corrected chi connectivity index (χ0v) is 34.1. The van der Waals surface area contributed by atoms with Crippen LogP contribution in [0.5, 0.6) is 34.5 Å². The van der Waals surface area contributed by atoms with Crippen molar-refractivity contribution >= 4 is 35.8 Å². The van der Waals surface area contributed by atoms with Gasteiger partial charge < -0.3 is 40.2 Å². The summed E-state index contributed by atoms with van der Waals surface area (Å²) >= 11 is 0. The van der Waals surface area contributed by atoms with Crippen LogP contribution in [0, 0.1) is 0 Å². The van der Waals surface area contributed by atoms with Crippen molar-refractivity contribution in [3.05, 3.63) is 190 Å². The minimum absolute atomic E-state index is 0.0145. The van der Waals surface area contributed by atoms with Gasteiger partial charge in [-0.1, -0.05) is 72.8 Å². The van der Waals surface area contributed by atoms with Crippen LogP contribution in [0.1, 0.15) is 43.0 Å². The monoisotopic (exact) mass is 828 g/mol. The zero-order chi connectivity index (χ0) is 43.3. The lowest BCUT2D eigenvalue weighted by Gasteiger charge is -2.15. The zero-order valence-electron chi connectivity index (χ0n) is 34.1. The molecule has 3 aliphatic heterocycles. The Morgan fingerprint density at radius 2 is 0.952 bits per heavy atom. The average Bonchev–Trinajstić information content (AvgIpc) is 3.30. The molecule has 0 saturated heterocycles. The molecule has 0 atom stereocenters. The number of carbonyl (C=O) groups excluding carboxylic acids is 4. The summed E-state index contributed by atoms with van der Waals surface area (Å²) in [6.45, 7) is 0.547. The number of benzene rings is 6. The number of carbonyl (C=O) groups is 4. The second-order valence-corrected chi connectivity index (χ2v) is 14.1. The number of rotatable bonds is 6. The van der Waals surface area contributed by atoms with Crippen LogP contribution in [0.25, 0.3) is 12.2 Å². The molecule has 0 unspecified atom stereocenters. The van der Waals surface area contributed by atoms with E-state index in [4.69, 9.17) is 18.9 Å². The Labute approximate surface area is 359 Å². The van der Waals surface area contributed by atoms with Crippen LogP contribution >= 0.6 is 0 Å². The van der Waals surface area contributed by atoms with Crippen LogP contribution < -0.4 is 40.2 Å². The average molecular weight is 829 g/mol. The van der Waals surface area contributed by atoms with Gasteiger partial charge >= 0.3 is 0 Å². The van der Waals surface area contributed by atoms with Crippen molar-refractivity contribution in [2.75, 3.05) is 27.3 Å². The molecule has 9 rings (SSSR count). The Balaban J connectivity index is 1.23. The predicted molar refractivity (Wildman–Crippen MR) is 236 cm³/mol. The number of fused-ring (bicyclic) bond motifs is 2. The maximum Gasteiger partial charge on any atom is 0.267 e. The normalized spacial score (nSPS) is 15.0. The molecule has 0 saturated carbocycles. The van der Waals surface area contributed by atoms with Gasteiger partial charge in [-0.05, 0) is 120 Å². The predicted octanol–water partition coefficient (Wildman–Crippen LogP) is 7.86. The maximum atomic E-state index is 13.8. The highest BCUT2D eigenvalue weighted by molar-refractivity contribution is 6.06. The second-order valence-electron chi connectivity index (χ2n) is 14.1. The fourth-order valence-corrected chi connectivity index (χ4v) is 6.48. The van der Waals surface area contributed by atoms with Crippen LogP contribution in [0.2, 0.25) is 0 Å². The third kappa shape index (κ3) is 11.1. The lowest BCUT2D eigenvalue weighted by atomic mass is 10.1. The van der Waals surface area contributed by atoms with Gasteiger partial charge in [-0.2, -0.15) is 0 Å². The fraction of sp³-hybridized carbons (Fsp3) is 0.120. The Hall–Kier alpha value is -8.12. The molecule has 6 aromatic rings. The Morgan fingerprint density at radius 1 is 0.516 bits per heavy atom. The molecule has 0 spiro atoms. The van der Waals surface area contributed by atoms with Crippen LogP contribution in [-0.4, -0.2) is 50.9 Å². The summed E-state index contributed by atoms with van der Waals surface area (Å²) in [5.74, 6) is 0.955. The van der Waals surface area contributed by atoms with E-state index in [1.807, 2.05) is 42.5 Å². The molecule has 4 N–H and O–H groups in total. The highest BCUT2D eigenvalue weighted by Gasteiger charge is 2.18. The van der Waals surface area contributed by atoms with E-state index in [9.17, 15) is 19.2 Å². The van der Waals surface area contributed by atoms with E-state index in [0.29, 0.717) is 76.1 Å². The van der Waals surface area contributed by atoms with Crippen LogP contribution in [0.15, 0.2) is 157 Å². The molecule has 62 heavy (non-hydrogen) atoms. The summed E-state index contributed by atoms with van der Waals surface area (Å²) in [7, 11) is 3.07. The van der Waals surface area contributed by atoms with E-state index in [2.05, 4.69) is 21.3 Å². The summed E-state index contributed by atoms with van der Waals surface area (Å²) in [6.07, 6.45) is 4.11. The lowest BCUT2D eigenvalue weighted by molar-refractivity contribution is -0.118. The maximum absolute atomic E-state index is 13.8. The molecule has 4 amide bonds. The van der Waals surface area contributed by atoms with Crippen molar-refractivity contribution in [3.8, 4) is 34.5 Å². The Morgan fingerprint density at radius 3 is 1.48 bits per heavy atom. The first-order valence-corrected chi connectivity index (χ1v) is 19.9. The summed E-state index contributed by atoms with van der Waals surface area (Å²) in [6, 6.07) is 42.3. The number of ether oxygens (including phenoxy) is 4. The highest BCUT2D eigenvalue weighted by atomic mass is 16.5. The van der Waals surface area contributed by atoms with Gasteiger partial charge in [0.2, 0.25) is 0 Å². The lowest BCUT2D eigenvalue weighted by Crippen LogP contribution is -2.35. The van der Waals surface area contributed by atoms with Gasteiger partial charge in [-0.25, -0.2) is 0 Å². The van der Waals surface area contributed by atoms with E-state index < -0.39 is 23.6 Å². The van der Waals surface area contributed by atoms with Crippen molar-refractivity contribution in [2.45, 2.75) is 12.8 Å². The van der Waals surface area contributed by atoms with Crippen molar-refractivity contribution in [1.29, 1.82) is 0 Å². The minimum Gasteiger partial charge on any atom is -0.493 e. The van der Waals surface area contributed by atoms with Crippen LogP contribution in [0.4, 0.5) is 0 Å². The minimum atomic E-state index is -0.498. The smallest absolute Gasteiger partial charge is 0.267 e. The molecule has 0 fully saturated rings. The van der Waals surface area contributed by atoms with Gasteiger partial charge in [0, 0.05) is 24.2 Å². The molecule has 0 radical (unpaired) electrons. The van der Waals surface area contributed by atoms with Crippen molar-refractivity contribution in [3.63, 3.8) is 0 Å². The summed E-state index contributed by atoms with van der Waals surface area (Å²) in [4.78, 5) is 54.0. The first-order chi connectivity index (χ1) is 30.2. The SMILES string of the molecule is COc1ccc2cc1Oc1ccc(cc1)/C=C(\NC(=O)c1ccccc1)C(=O)NCCc1ccc(cc1)Oc1cc(ccc1OC)CCNC(=O)/C(NC(=O)c1ccccc1)=C/2. The largest absolute Gasteiger partial charge is 0.493 e. The molecule has 12 nitrogen and oxygen atoms in total. The summed E-state index contributed by atoms with van der Waals surface area (Å²) in [5.41, 5.74) is 3.84. The molecule has 12 heteroatoms. The van der Waals surface area contributed by atoms with Crippen LogP contribution in [-0.2, 0) is 22.4 Å². The molecule has 3 aliphatic rings. The van der Waals surface area contributed by atoms with Gasteiger partial charge in [0.15, 0.2) is 23.0 Å². The summed E-state index contributed by atoms with van der Waals surface area (Å²) in [5, 5.41) is 11.4. The number of nitrogens with one attached hydrogen (secondary N) is 4. The topological polar surface area (TPSA) is 153 Å². The third-order valence-electron chi connectivity index (χ3n) is 9.75. The van der Waals surface area contributed by atoms with Crippen molar-refractivity contribution < 1.29 is 38.1 Å². The molecular weight excluding hydrogens is 785 g/mol. The van der Waals surface area contributed by atoms with Gasteiger partial charge in [0.25, 0.3) is 23.6 Å². The van der Waals surface area contributed by atoms with Gasteiger partial charge in [-0.15, -0.1) is 0 Å². The van der Waals surface area contributed by atoms with Crippen molar-refractivity contribution in [2.24, 2.45) is 0 Å². The number of amides is 4. The number of hydrogen-bond donors (Lipinski definition) is 4. The van der Waals surface area contributed by atoms with E-state index in [1.54, 1.807) is 122 Å². The van der Waals surface area contributed by atoms with Crippen molar-refractivity contribution in [1.82, 2.24) is 21.3 Å². The van der Waals surface area contributed by atoms with Gasteiger partial charge in [0.05, 0.1) is 14.2 Å². The molecular formula is C50H44N4O8. The molecule has 0 aromatic heterocycles. The first-order valence-electron chi connectivity index (χ1n) is 19.9. The number of methoxy groups -OCH3 is 2. The molecule has 0 aliphatic carbocycles. The van der Waals surface area contributed by atoms with Gasteiger partial charge in [0.1, 0.15) is 22.9 Å². The molecule has 312 valence electrons. The summed E-state index contributed by atoms with van der Waals surface area (Å²) < 4.78 is 23.7. The fourth-order valence-electron chi connectivity index (χ4n) is 6.48.